The molecule has 21 heavy (non-hydrogen) atoms. The van der Waals surface area contributed by atoms with Crippen LogP contribution < -0.4 is 5.32 Å². The van der Waals surface area contributed by atoms with Gasteiger partial charge in [-0.25, -0.2) is 0 Å². The second-order valence-electron chi connectivity index (χ2n) is 7.82. The monoisotopic (exact) mass is 296 g/mol. The SMILES string of the molecule is CC(C)CC1CN(CCC2CCCCO2)C(C(C)C)CN1. The lowest BCUT2D eigenvalue weighted by Gasteiger charge is -2.43. The Hall–Kier alpha value is -0.120. The Kier molecular flexibility index (Phi) is 6.97. The van der Waals surface area contributed by atoms with Gasteiger partial charge in [0, 0.05) is 38.3 Å². The molecule has 124 valence electrons. The van der Waals surface area contributed by atoms with Crippen LogP contribution in [0.2, 0.25) is 0 Å². The molecule has 2 aliphatic heterocycles. The molecule has 0 saturated carbocycles. The van der Waals surface area contributed by atoms with Gasteiger partial charge in [-0.15, -0.1) is 0 Å². The van der Waals surface area contributed by atoms with Crippen molar-refractivity contribution in [2.45, 2.75) is 78.0 Å². The maximum absolute atomic E-state index is 5.91. The zero-order valence-corrected chi connectivity index (χ0v) is 14.6. The van der Waals surface area contributed by atoms with E-state index < -0.39 is 0 Å². The topological polar surface area (TPSA) is 24.5 Å². The van der Waals surface area contributed by atoms with Gasteiger partial charge in [0.15, 0.2) is 0 Å². The number of nitrogens with zero attached hydrogens (tertiary/aromatic N) is 1. The van der Waals surface area contributed by atoms with Crippen molar-refractivity contribution in [3.8, 4) is 0 Å². The maximum Gasteiger partial charge on any atom is 0.0587 e. The van der Waals surface area contributed by atoms with Gasteiger partial charge in [-0.1, -0.05) is 27.7 Å². The lowest BCUT2D eigenvalue weighted by Crippen LogP contribution is -2.58. The summed E-state index contributed by atoms with van der Waals surface area (Å²) >= 11 is 0. The van der Waals surface area contributed by atoms with Crippen LogP contribution >= 0.6 is 0 Å². The van der Waals surface area contributed by atoms with Crippen LogP contribution in [0.25, 0.3) is 0 Å². The molecular formula is C18H36N2O. The molecule has 0 aromatic heterocycles. The third-order valence-corrected chi connectivity index (χ3v) is 5.08. The van der Waals surface area contributed by atoms with Crippen LogP contribution in [0.4, 0.5) is 0 Å². The van der Waals surface area contributed by atoms with E-state index in [-0.39, 0.29) is 0 Å². The van der Waals surface area contributed by atoms with E-state index >= 15 is 0 Å². The molecule has 2 aliphatic rings. The fourth-order valence-electron chi connectivity index (χ4n) is 3.89. The first-order valence-electron chi connectivity index (χ1n) is 9.15. The van der Waals surface area contributed by atoms with Crippen molar-refractivity contribution >= 4 is 0 Å². The number of hydrogen-bond acceptors (Lipinski definition) is 3. The van der Waals surface area contributed by atoms with Crippen molar-refractivity contribution < 1.29 is 4.74 Å². The highest BCUT2D eigenvalue weighted by Gasteiger charge is 2.30. The predicted octanol–water partition coefficient (Wildman–Crippen LogP) is 3.29. The van der Waals surface area contributed by atoms with Crippen LogP contribution in [-0.4, -0.2) is 49.3 Å². The molecule has 3 unspecified atom stereocenters. The lowest BCUT2D eigenvalue weighted by atomic mass is 9.94. The molecule has 2 saturated heterocycles. The van der Waals surface area contributed by atoms with Crippen LogP contribution in [0.15, 0.2) is 0 Å². The molecule has 2 heterocycles. The van der Waals surface area contributed by atoms with E-state index in [2.05, 4.69) is 37.9 Å². The first-order chi connectivity index (χ1) is 10.1. The Labute approximate surface area is 131 Å². The smallest absolute Gasteiger partial charge is 0.0587 e. The predicted molar refractivity (Wildman–Crippen MR) is 89.7 cm³/mol. The summed E-state index contributed by atoms with van der Waals surface area (Å²) in [4.78, 5) is 2.74. The zero-order chi connectivity index (χ0) is 15.2. The molecule has 0 aliphatic carbocycles. The summed E-state index contributed by atoms with van der Waals surface area (Å²) in [5.41, 5.74) is 0. The molecule has 2 fully saturated rings. The van der Waals surface area contributed by atoms with Gasteiger partial charge in [-0.05, 0) is 43.9 Å². The molecule has 0 spiro atoms. The fraction of sp³-hybridized carbons (Fsp3) is 1.00. The van der Waals surface area contributed by atoms with Crippen molar-refractivity contribution in [3.63, 3.8) is 0 Å². The Morgan fingerprint density at radius 1 is 1.19 bits per heavy atom. The minimum atomic E-state index is 0.519. The molecule has 0 aromatic carbocycles. The number of nitrogens with one attached hydrogen (secondary N) is 1. The van der Waals surface area contributed by atoms with Gasteiger partial charge in [0.2, 0.25) is 0 Å². The minimum absolute atomic E-state index is 0.519. The van der Waals surface area contributed by atoms with Gasteiger partial charge in [0.05, 0.1) is 6.10 Å². The highest BCUT2D eigenvalue weighted by atomic mass is 16.5. The Balaban J connectivity index is 1.84. The Morgan fingerprint density at radius 3 is 2.62 bits per heavy atom. The fourth-order valence-corrected chi connectivity index (χ4v) is 3.89. The van der Waals surface area contributed by atoms with E-state index in [0.717, 1.165) is 25.0 Å². The van der Waals surface area contributed by atoms with Crippen molar-refractivity contribution in [2.75, 3.05) is 26.2 Å². The van der Waals surface area contributed by atoms with Crippen molar-refractivity contribution in [1.29, 1.82) is 0 Å². The second kappa shape index (κ2) is 8.50. The molecule has 0 aromatic rings. The maximum atomic E-state index is 5.91. The summed E-state index contributed by atoms with van der Waals surface area (Å²) in [6.07, 6.45) is 6.92. The van der Waals surface area contributed by atoms with Crippen LogP contribution in [0.5, 0.6) is 0 Å². The zero-order valence-electron chi connectivity index (χ0n) is 14.6. The van der Waals surface area contributed by atoms with Crippen molar-refractivity contribution in [3.05, 3.63) is 0 Å². The van der Waals surface area contributed by atoms with Gasteiger partial charge < -0.3 is 10.1 Å². The molecule has 3 nitrogen and oxygen atoms in total. The normalized spacial score (nSPS) is 32.0. The van der Waals surface area contributed by atoms with Gasteiger partial charge in [-0.2, -0.15) is 0 Å². The number of piperazine rings is 1. The highest BCUT2D eigenvalue weighted by molar-refractivity contribution is 4.88. The Morgan fingerprint density at radius 2 is 2.00 bits per heavy atom. The van der Waals surface area contributed by atoms with E-state index in [1.54, 1.807) is 0 Å². The largest absolute Gasteiger partial charge is 0.378 e. The van der Waals surface area contributed by atoms with Crippen molar-refractivity contribution in [2.24, 2.45) is 11.8 Å². The number of rotatable bonds is 6. The number of ether oxygens (including phenoxy) is 1. The molecule has 0 bridgehead atoms. The van der Waals surface area contributed by atoms with Gasteiger partial charge in [0.25, 0.3) is 0 Å². The quantitative estimate of drug-likeness (QED) is 0.814. The molecular weight excluding hydrogens is 260 g/mol. The second-order valence-corrected chi connectivity index (χ2v) is 7.82. The van der Waals surface area contributed by atoms with E-state index in [4.69, 9.17) is 4.74 Å². The molecule has 2 rings (SSSR count). The standard InChI is InChI=1S/C18H36N2O/c1-14(2)11-16-13-20(18(12-19-16)15(3)4)9-8-17-7-5-6-10-21-17/h14-19H,5-13H2,1-4H3. The molecule has 0 radical (unpaired) electrons. The minimum Gasteiger partial charge on any atom is -0.378 e. The van der Waals surface area contributed by atoms with E-state index in [1.165, 1.54) is 45.2 Å². The Bertz CT molecular complexity index is 287. The molecule has 3 heteroatoms. The van der Waals surface area contributed by atoms with Crippen LogP contribution in [0, 0.1) is 11.8 Å². The molecule has 1 N–H and O–H groups in total. The van der Waals surface area contributed by atoms with E-state index in [1.807, 2.05) is 0 Å². The summed E-state index contributed by atoms with van der Waals surface area (Å²) in [6, 6.07) is 1.37. The molecule has 3 atom stereocenters. The summed E-state index contributed by atoms with van der Waals surface area (Å²) < 4.78 is 5.91. The average Bonchev–Trinajstić information content (AvgIpc) is 2.45. The first-order valence-corrected chi connectivity index (χ1v) is 9.15. The third kappa shape index (κ3) is 5.54. The summed E-state index contributed by atoms with van der Waals surface area (Å²) in [5, 5.41) is 3.78. The first kappa shape index (κ1) is 17.2. The highest BCUT2D eigenvalue weighted by Crippen LogP contribution is 2.21. The van der Waals surface area contributed by atoms with Crippen LogP contribution in [0.3, 0.4) is 0 Å². The summed E-state index contributed by atoms with van der Waals surface area (Å²) in [7, 11) is 0. The number of hydrogen-bond donors (Lipinski definition) is 1. The average molecular weight is 296 g/mol. The van der Waals surface area contributed by atoms with Crippen molar-refractivity contribution in [1.82, 2.24) is 10.2 Å². The van der Waals surface area contributed by atoms with Gasteiger partial charge >= 0.3 is 0 Å². The third-order valence-electron chi connectivity index (χ3n) is 5.08. The van der Waals surface area contributed by atoms with Gasteiger partial charge in [-0.3, -0.25) is 4.90 Å². The summed E-state index contributed by atoms with van der Waals surface area (Å²) in [6.45, 7) is 13.9. The van der Waals surface area contributed by atoms with Gasteiger partial charge in [0.1, 0.15) is 0 Å². The lowest BCUT2D eigenvalue weighted by molar-refractivity contribution is -0.00337. The molecule has 0 amide bonds. The van der Waals surface area contributed by atoms with Crippen LogP contribution in [0.1, 0.15) is 59.8 Å². The van der Waals surface area contributed by atoms with E-state index in [0.29, 0.717) is 18.2 Å². The van der Waals surface area contributed by atoms with E-state index in [9.17, 15) is 0 Å². The van der Waals surface area contributed by atoms with Crippen LogP contribution in [-0.2, 0) is 4.74 Å². The summed E-state index contributed by atoms with van der Waals surface area (Å²) in [5.74, 6) is 1.51.